The van der Waals surface area contributed by atoms with E-state index in [0.29, 0.717) is 24.9 Å². The van der Waals surface area contributed by atoms with E-state index in [1.807, 2.05) is 11.9 Å². The number of nitrogens with zero attached hydrogens (tertiary/aromatic N) is 2. The van der Waals surface area contributed by atoms with Crippen molar-refractivity contribution in [3.05, 3.63) is 29.8 Å². The van der Waals surface area contributed by atoms with Gasteiger partial charge in [0.05, 0.1) is 17.1 Å². The Morgan fingerprint density at radius 2 is 2.39 bits per heavy atom. The number of carbonyl (C=O) groups is 1. The maximum atomic E-state index is 13.1. The molecule has 6 nitrogen and oxygen atoms in total. The van der Waals surface area contributed by atoms with Gasteiger partial charge >= 0.3 is 0 Å². The van der Waals surface area contributed by atoms with Gasteiger partial charge in [0, 0.05) is 25.6 Å². The highest BCUT2D eigenvalue weighted by Gasteiger charge is 2.32. The number of nitrogens with two attached hydrogens (primary N) is 1. The Morgan fingerprint density at radius 1 is 1.57 bits per heavy atom. The molecule has 1 saturated heterocycles. The molecule has 2 heterocycles. The van der Waals surface area contributed by atoms with Crippen LogP contribution in [-0.4, -0.2) is 53.0 Å². The molecule has 1 amide bonds. The number of hydrogen-bond acceptors (Lipinski definition) is 4. The number of H-pyrrole nitrogens is 1. The largest absolute Gasteiger partial charge is 0.355 e. The van der Waals surface area contributed by atoms with Crippen LogP contribution in [0, 0.1) is 5.82 Å². The molecule has 2 aromatic rings. The first-order valence-electron chi connectivity index (χ1n) is 7.90. The molecule has 0 spiro atoms. The number of hydrogen-bond donors (Lipinski definition) is 3. The van der Waals surface area contributed by atoms with Crippen LogP contribution in [0.15, 0.2) is 18.2 Å². The number of amides is 1. The van der Waals surface area contributed by atoms with Gasteiger partial charge in [-0.25, -0.2) is 9.37 Å². The van der Waals surface area contributed by atoms with Crippen molar-refractivity contribution in [3.63, 3.8) is 0 Å². The highest BCUT2D eigenvalue weighted by Crippen LogP contribution is 2.15. The van der Waals surface area contributed by atoms with E-state index in [-0.39, 0.29) is 23.8 Å². The summed E-state index contributed by atoms with van der Waals surface area (Å²) in [5.41, 5.74) is 7.33. The highest BCUT2D eigenvalue weighted by molar-refractivity contribution is 5.82. The molecule has 0 radical (unpaired) electrons. The van der Waals surface area contributed by atoms with Crippen molar-refractivity contribution >= 4 is 16.9 Å². The van der Waals surface area contributed by atoms with E-state index in [4.69, 9.17) is 5.73 Å². The fourth-order valence-corrected chi connectivity index (χ4v) is 3.08. The number of aryl methyl sites for hydroxylation is 1. The summed E-state index contributed by atoms with van der Waals surface area (Å²) in [6.45, 7) is 1.34. The smallest absolute Gasteiger partial charge is 0.237 e. The molecular weight excluding hydrogens is 297 g/mol. The van der Waals surface area contributed by atoms with E-state index < -0.39 is 0 Å². The lowest BCUT2D eigenvalue weighted by molar-refractivity contribution is -0.125. The minimum Gasteiger partial charge on any atom is -0.355 e. The standard InChI is InChI=1S/C16H22FN5O/c1-22-9-11(18)8-14(22)16(23)19-6-2-3-15-20-12-5-4-10(17)7-13(12)21-15/h4-5,7,11,14H,2-3,6,8-9,18H2,1H3,(H,19,23)(H,20,21)/t11-,14-/m0/s1. The van der Waals surface area contributed by atoms with Crippen LogP contribution in [-0.2, 0) is 11.2 Å². The molecule has 7 heteroatoms. The van der Waals surface area contributed by atoms with E-state index in [9.17, 15) is 9.18 Å². The first-order valence-corrected chi connectivity index (χ1v) is 7.90. The third-order valence-electron chi connectivity index (χ3n) is 4.27. The van der Waals surface area contributed by atoms with E-state index >= 15 is 0 Å². The van der Waals surface area contributed by atoms with Gasteiger partial charge < -0.3 is 16.0 Å². The summed E-state index contributed by atoms with van der Waals surface area (Å²) in [6.07, 6.45) is 2.19. The van der Waals surface area contributed by atoms with Gasteiger partial charge in [-0.2, -0.15) is 0 Å². The van der Waals surface area contributed by atoms with E-state index in [0.717, 1.165) is 24.3 Å². The fourth-order valence-electron chi connectivity index (χ4n) is 3.08. The fraction of sp³-hybridized carbons (Fsp3) is 0.500. The van der Waals surface area contributed by atoms with Crippen LogP contribution in [0.2, 0.25) is 0 Å². The zero-order valence-corrected chi connectivity index (χ0v) is 13.2. The van der Waals surface area contributed by atoms with Crippen LogP contribution < -0.4 is 11.1 Å². The van der Waals surface area contributed by atoms with Gasteiger partial charge in [-0.3, -0.25) is 9.69 Å². The van der Waals surface area contributed by atoms with Crippen LogP contribution in [0.1, 0.15) is 18.7 Å². The Labute approximate surface area is 134 Å². The summed E-state index contributed by atoms with van der Waals surface area (Å²) >= 11 is 0. The highest BCUT2D eigenvalue weighted by atomic mass is 19.1. The molecule has 1 aromatic heterocycles. The van der Waals surface area contributed by atoms with Crippen molar-refractivity contribution in [2.75, 3.05) is 20.1 Å². The second kappa shape index (κ2) is 6.64. The van der Waals surface area contributed by atoms with Crippen molar-refractivity contribution in [2.45, 2.75) is 31.3 Å². The van der Waals surface area contributed by atoms with Gasteiger partial charge in [0.15, 0.2) is 0 Å². The molecule has 0 unspecified atom stereocenters. The minimum absolute atomic E-state index is 0.0344. The number of fused-ring (bicyclic) bond motifs is 1. The lowest BCUT2D eigenvalue weighted by Crippen LogP contribution is -2.41. The molecule has 4 N–H and O–H groups in total. The van der Waals surface area contributed by atoms with Crippen molar-refractivity contribution in [2.24, 2.45) is 5.73 Å². The van der Waals surface area contributed by atoms with Gasteiger partial charge in [-0.15, -0.1) is 0 Å². The number of aromatic amines is 1. The monoisotopic (exact) mass is 319 g/mol. The molecule has 0 saturated carbocycles. The Balaban J connectivity index is 1.46. The molecule has 2 atom stereocenters. The summed E-state index contributed by atoms with van der Waals surface area (Å²) in [6, 6.07) is 4.44. The number of rotatable bonds is 5. The summed E-state index contributed by atoms with van der Waals surface area (Å²) in [5, 5.41) is 2.95. The van der Waals surface area contributed by atoms with E-state index in [2.05, 4.69) is 15.3 Å². The second-order valence-corrected chi connectivity index (χ2v) is 6.19. The molecule has 1 aromatic carbocycles. The normalized spacial score (nSPS) is 21.9. The molecule has 1 aliphatic heterocycles. The average molecular weight is 319 g/mol. The topological polar surface area (TPSA) is 87.0 Å². The Bertz CT molecular complexity index is 701. The Kier molecular flexibility index (Phi) is 4.58. The first-order chi connectivity index (χ1) is 11.0. The predicted molar refractivity (Wildman–Crippen MR) is 86.4 cm³/mol. The van der Waals surface area contributed by atoms with Crippen molar-refractivity contribution in [1.29, 1.82) is 0 Å². The van der Waals surface area contributed by atoms with Crippen LogP contribution >= 0.6 is 0 Å². The summed E-state index contributed by atoms with van der Waals surface area (Å²) in [5.74, 6) is 0.561. The number of likely N-dealkylation sites (N-methyl/N-ethyl adjacent to an activating group) is 1. The molecule has 124 valence electrons. The lowest BCUT2D eigenvalue weighted by Gasteiger charge is -2.18. The zero-order valence-electron chi connectivity index (χ0n) is 13.2. The van der Waals surface area contributed by atoms with Crippen LogP contribution in [0.25, 0.3) is 11.0 Å². The minimum atomic E-state index is -0.279. The van der Waals surface area contributed by atoms with Gasteiger partial charge in [-0.1, -0.05) is 0 Å². The van der Waals surface area contributed by atoms with Crippen LogP contribution in [0.3, 0.4) is 0 Å². The van der Waals surface area contributed by atoms with E-state index in [1.54, 1.807) is 6.07 Å². The molecule has 23 heavy (non-hydrogen) atoms. The summed E-state index contributed by atoms with van der Waals surface area (Å²) in [7, 11) is 1.92. The zero-order chi connectivity index (χ0) is 16.4. The van der Waals surface area contributed by atoms with Gasteiger partial charge in [0.1, 0.15) is 11.6 Å². The SMILES string of the molecule is CN1C[C@@H](N)C[C@H]1C(=O)NCCCc1nc2ccc(F)cc2[nH]1. The quantitative estimate of drug-likeness (QED) is 0.711. The molecule has 0 bridgehead atoms. The van der Waals surface area contributed by atoms with E-state index in [1.165, 1.54) is 12.1 Å². The van der Waals surface area contributed by atoms with Gasteiger partial charge in [0.2, 0.25) is 5.91 Å². The third-order valence-corrected chi connectivity index (χ3v) is 4.27. The molecule has 0 aliphatic carbocycles. The summed E-state index contributed by atoms with van der Waals surface area (Å²) < 4.78 is 13.1. The van der Waals surface area contributed by atoms with Crippen molar-refractivity contribution < 1.29 is 9.18 Å². The van der Waals surface area contributed by atoms with Crippen LogP contribution in [0.4, 0.5) is 4.39 Å². The number of carbonyl (C=O) groups excluding carboxylic acids is 1. The Morgan fingerprint density at radius 3 is 3.13 bits per heavy atom. The predicted octanol–water partition coefficient (Wildman–Crippen LogP) is 0.782. The number of nitrogens with one attached hydrogen (secondary N) is 2. The summed E-state index contributed by atoms with van der Waals surface area (Å²) in [4.78, 5) is 21.6. The lowest BCUT2D eigenvalue weighted by atomic mass is 10.1. The maximum Gasteiger partial charge on any atom is 0.237 e. The molecule has 1 fully saturated rings. The second-order valence-electron chi connectivity index (χ2n) is 6.19. The van der Waals surface area contributed by atoms with Gasteiger partial charge in [0.25, 0.3) is 0 Å². The van der Waals surface area contributed by atoms with Gasteiger partial charge in [-0.05, 0) is 38.1 Å². The van der Waals surface area contributed by atoms with Crippen molar-refractivity contribution in [1.82, 2.24) is 20.2 Å². The first kappa shape index (κ1) is 15.9. The Hall–Kier alpha value is -1.99. The molecular formula is C16H22FN5O. The van der Waals surface area contributed by atoms with Crippen molar-refractivity contribution in [3.8, 4) is 0 Å². The number of aromatic nitrogens is 2. The number of halogens is 1. The molecule has 1 aliphatic rings. The third kappa shape index (κ3) is 3.68. The molecule has 3 rings (SSSR count). The average Bonchev–Trinajstić information content (AvgIpc) is 3.05. The maximum absolute atomic E-state index is 13.1. The number of benzene rings is 1. The van der Waals surface area contributed by atoms with Crippen LogP contribution in [0.5, 0.6) is 0 Å². The number of likely N-dealkylation sites (tertiary alicyclic amines) is 1. The number of imidazole rings is 1.